The largest absolute Gasteiger partial charge is 0.326 e. The van der Waals surface area contributed by atoms with Gasteiger partial charge < -0.3 is 10.2 Å². The molecule has 30 heavy (non-hydrogen) atoms. The van der Waals surface area contributed by atoms with Crippen LogP contribution in [0.15, 0.2) is 53.4 Å². The van der Waals surface area contributed by atoms with Crippen LogP contribution in [-0.4, -0.2) is 44.2 Å². The van der Waals surface area contributed by atoms with Crippen LogP contribution in [-0.2, 0) is 19.6 Å². The van der Waals surface area contributed by atoms with Gasteiger partial charge in [-0.3, -0.25) is 9.59 Å². The standard InChI is InChI=1S/C21H24FN3O4S/c1-3-24(4-2)30(28,29)19-11-7-17(8-12-19)23-21(27)15-13-20(26)25(14-15)18-9-5-16(22)6-10-18/h5-12,15H,3-4,13-14H2,1-2H3,(H,23,27)/t15-/m1/s1. The van der Waals surface area contributed by atoms with Crippen LogP contribution in [0.2, 0.25) is 0 Å². The van der Waals surface area contributed by atoms with E-state index in [1.807, 2.05) is 0 Å². The first kappa shape index (κ1) is 21.9. The summed E-state index contributed by atoms with van der Waals surface area (Å²) >= 11 is 0. The Morgan fingerprint density at radius 3 is 2.27 bits per heavy atom. The monoisotopic (exact) mass is 433 g/mol. The highest BCUT2D eigenvalue weighted by atomic mass is 32.2. The fourth-order valence-corrected chi connectivity index (χ4v) is 4.88. The molecule has 1 saturated heterocycles. The van der Waals surface area contributed by atoms with E-state index in [2.05, 4.69) is 5.32 Å². The molecule has 9 heteroatoms. The van der Waals surface area contributed by atoms with Crippen molar-refractivity contribution >= 4 is 33.2 Å². The number of halogens is 1. The molecule has 2 amide bonds. The van der Waals surface area contributed by atoms with Crippen LogP contribution in [0, 0.1) is 11.7 Å². The number of anilines is 2. The predicted octanol–water partition coefficient (Wildman–Crippen LogP) is 2.85. The zero-order valence-corrected chi connectivity index (χ0v) is 17.7. The average molecular weight is 434 g/mol. The number of rotatable bonds is 7. The molecule has 0 unspecified atom stereocenters. The van der Waals surface area contributed by atoms with Gasteiger partial charge in [0.15, 0.2) is 0 Å². The van der Waals surface area contributed by atoms with Gasteiger partial charge in [0.25, 0.3) is 0 Å². The van der Waals surface area contributed by atoms with E-state index >= 15 is 0 Å². The predicted molar refractivity (Wildman–Crippen MR) is 112 cm³/mol. The molecular formula is C21H24FN3O4S. The summed E-state index contributed by atoms with van der Waals surface area (Å²) in [6.45, 7) is 4.49. The Balaban J connectivity index is 1.66. The molecule has 0 radical (unpaired) electrons. The van der Waals surface area contributed by atoms with E-state index in [1.54, 1.807) is 13.8 Å². The Bertz CT molecular complexity index is 1020. The Hall–Kier alpha value is -2.78. The summed E-state index contributed by atoms with van der Waals surface area (Å²) in [5.41, 5.74) is 0.994. The van der Waals surface area contributed by atoms with Crippen molar-refractivity contribution in [3.8, 4) is 0 Å². The second kappa shape index (κ2) is 8.93. The van der Waals surface area contributed by atoms with Gasteiger partial charge in [0.1, 0.15) is 5.82 Å². The van der Waals surface area contributed by atoms with Crippen molar-refractivity contribution in [1.82, 2.24) is 4.31 Å². The lowest BCUT2D eigenvalue weighted by Crippen LogP contribution is -2.30. The molecule has 2 aromatic rings. The second-order valence-corrected chi connectivity index (χ2v) is 8.92. The lowest BCUT2D eigenvalue weighted by molar-refractivity contribution is -0.122. The van der Waals surface area contributed by atoms with E-state index in [9.17, 15) is 22.4 Å². The van der Waals surface area contributed by atoms with Gasteiger partial charge in [-0.15, -0.1) is 0 Å². The van der Waals surface area contributed by atoms with Crippen molar-refractivity contribution in [2.75, 3.05) is 29.9 Å². The highest BCUT2D eigenvalue weighted by molar-refractivity contribution is 7.89. The molecule has 1 aliphatic heterocycles. The number of nitrogens with one attached hydrogen (secondary N) is 1. The summed E-state index contributed by atoms with van der Waals surface area (Å²) in [6.07, 6.45) is 0.0532. The van der Waals surface area contributed by atoms with Crippen molar-refractivity contribution in [3.63, 3.8) is 0 Å². The minimum Gasteiger partial charge on any atom is -0.326 e. The quantitative estimate of drug-likeness (QED) is 0.728. The maximum atomic E-state index is 13.1. The molecule has 1 aliphatic rings. The molecule has 1 atom stereocenters. The van der Waals surface area contributed by atoms with Gasteiger partial charge in [-0.2, -0.15) is 4.31 Å². The lowest BCUT2D eigenvalue weighted by Gasteiger charge is -2.19. The van der Waals surface area contributed by atoms with Gasteiger partial charge in [-0.05, 0) is 48.5 Å². The Kier molecular flexibility index (Phi) is 6.52. The van der Waals surface area contributed by atoms with Crippen molar-refractivity contribution < 1.29 is 22.4 Å². The van der Waals surface area contributed by atoms with E-state index in [4.69, 9.17) is 0 Å². The summed E-state index contributed by atoms with van der Waals surface area (Å²) in [6, 6.07) is 11.5. The minimum atomic E-state index is -3.57. The number of hydrogen-bond donors (Lipinski definition) is 1. The molecule has 0 spiro atoms. The van der Waals surface area contributed by atoms with E-state index < -0.39 is 21.8 Å². The van der Waals surface area contributed by atoms with Crippen molar-refractivity contribution in [3.05, 3.63) is 54.3 Å². The van der Waals surface area contributed by atoms with Crippen molar-refractivity contribution in [2.24, 2.45) is 5.92 Å². The van der Waals surface area contributed by atoms with E-state index in [1.165, 1.54) is 57.7 Å². The maximum Gasteiger partial charge on any atom is 0.243 e. The fourth-order valence-electron chi connectivity index (χ4n) is 3.42. The number of hydrogen-bond acceptors (Lipinski definition) is 4. The number of benzene rings is 2. The Morgan fingerprint density at radius 1 is 1.10 bits per heavy atom. The molecular weight excluding hydrogens is 409 g/mol. The molecule has 7 nitrogen and oxygen atoms in total. The van der Waals surface area contributed by atoms with Crippen LogP contribution >= 0.6 is 0 Å². The van der Waals surface area contributed by atoms with Crippen LogP contribution in [0.3, 0.4) is 0 Å². The first-order valence-corrected chi connectivity index (χ1v) is 11.2. The van der Waals surface area contributed by atoms with Gasteiger partial charge in [-0.25, -0.2) is 12.8 Å². The zero-order chi connectivity index (χ0) is 21.9. The van der Waals surface area contributed by atoms with Crippen molar-refractivity contribution in [1.29, 1.82) is 0 Å². The molecule has 0 saturated carbocycles. The van der Waals surface area contributed by atoms with Gasteiger partial charge in [-0.1, -0.05) is 13.8 Å². The first-order chi connectivity index (χ1) is 14.3. The highest BCUT2D eigenvalue weighted by Gasteiger charge is 2.35. The maximum absolute atomic E-state index is 13.1. The van der Waals surface area contributed by atoms with E-state index in [-0.39, 0.29) is 29.7 Å². The molecule has 160 valence electrons. The summed E-state index contributed by atoms with van der Waals surface area (Å²) in [7, 11) is -3.57. The molecule has 2 aromatic carbocycles. The molecule has 1 heterocycles. The molecule has 0 aromatic heterocycles. The third-order valence-electron chi connectivity index (χ3n) is 5.10. The van der Waals surface area contributed by atoms with Gasteiger partial charge in [0, 0.05) is 37.4 Å². The molecule has 1 fully saturated rings. The van der Waals surface area contributed by atoms with Crippen LogP contribution in [0.25, 0.3) is 0 Å². The second-order valence-electron chi connectivity index (χ2n) is 6.98. The summed E-state index contributed by atoms with van der Waals surface area (Å²) in [4.78, 5) is 26.5. The molecule has 1 N–H and O–H groups in total. The summed E-state index contributed by atoms with van der Waals surface area (Å²) in [5.74, 6) is -1.48. The number of nitrogens with zero attached hydrogens (tertiary/aromatic N) is 2. The molecule has 0 aliphatic carbocycles. The lowest BCUT2D eigenvalue weighted by atomic mass is 10.1. The van der Waals surface area contributed by atoms with Gasteiger partial charge in [0.2, 0.25) is 21.8 Å². The summed E-state index contributed by atoms with van der Waals surface area (Å²) < 4.78 is 39.5. The third kappa shape index (κ3) is 4.52. The van der Waals surface area contributed by atoms with E-state index in [0.29, 0.717) is 24.5 Å². The normalized spacial score (nSPS) is 16.9. The third-order valence-corrected chi connectivity index (χ3v) is 7.16. The van der Waals surface area contributed by atoms with Crippen LogP contribution < -0.4 is 10.2 Å². The fraction of sp³-hybridized carbons (Fsp3) is 0.333. The first-order valence-electron chi connectivity index (χ1n) is 9.73. The number of carbonyl (C=O) groups excluding carboxylic acids is 2. The molecule has 3 rings (SSSR count). The number of carbonyl (C=O) groups is 2. The Morgan fingerprint density at radius 2 is 1.70 bits per heavy atom. The van der Waals surface area contributed by atoms with Crippen LogP contribution in [0.5, 0.6) is 0 Å². The zero-order valence-electron chi connectivity index (χ0n) is 16.8. The topological polar surface area (TPSA) is 86.8 Å². The Labute approximate surface area is 175 Å². The smallest absolute Gasteiger partial charge is 0.243 e. The minimum absolute atomic E-state index is 0.0532. The highest BCUT2D eigenvalue weighted by Crippen LogP contribution is 2.26. The average Bonchev–Trinajstić information content (AvgIpc) is 3.11. The molecule has 0 bridgehead atoms. The van der Waals surface area contributed by atoms with Gasteiger partial charge in [0.05, 0.1) is 10.8 Å². The SMILES string of the molecule is CCN(CC)S(=O)(=O)c1ccc(NC(=O)[C@@H]2CC(=O)N(c3ccc(F)cc3)C2)cc1. The van der Waals surface area contributed by atoms with Gasteiger partial charge >= 0.3 is 0 Å². The van der Waals surface area contributed by atoms with Crippen LogP contribution in [0.1, 0.15) is 20.3 Å². The van der Waals surface area contributed by atoms with Crippen molar-refractivity contribution in [2.45, 2.75) is 25.2 Å². The van der Waals surface area contributed by atoms with Crippen LogP contribution in [0.4, 0.5) is 15.8 Å². The van der Waals surface area contributed by atoms with E-state index in [0.717, 1.165) is 0 Å². The summed E-state index contributed by atoms with van der Waals surface area (Å²) in [5, 5.41) is 2.74. The number of sulfonamides is 1. The number of amides is 2.